The highest BCUT2D eigenvalue weighted by molar-refractivity contribution is 7.91. The van der Waals surface area contributed by atoms with Crippen LogP contribution in [0.15, 0.2) is 39.2 Å². The van der Waals surface area contributed by atoms with E-state index in [9.17, 15) is 18.0 Å². The zero-order valence-electron chi connectivity index (χ0n) is 17.3. The fourth-order valence-corrected chi connectivity index (χ4v) is 7.05. The van der Waals surface area contributed by atoms with E-state index in [0.29, 0.717) is 55.5 Å². The molecule has 2 aromatic heterocycles. The first-order chi connectivity index (χ1) is 14.9. The van der Waals surface area contributed by atoms with Crippen LogP contribution in [0, 0.1) is 5.92 Å². The minimum Gasteiger partial charge on any atom is -0.467 e. The lowest BCUT2D eigenvalue weighted by molar-refractivity contribution is -0.135. The smallest absolute Gasteiger partial charge is 0.252 e. The Bertz CT molecular complexity index is 1000. The van der Waals surface area contributed by atoms with Crippen molar-refractivity contribution < 1.29 is 22.4 Å². The molecule has 2 saturated heterocycles. The van der Waals surface area contributed by atoms with Crippen molar-refractivity contribution in [2.75, 3.05) is 26.2 Å². The number of hydrogen-bond acceptors (Lipinski definition) is 6. The van der Waals surface area contributed by atoms with Gasteiger partial charge in [0.15, 0.2) is 0 Å². The standard InChI is InChI=1S/C21H27N3O5S2/c25-19(14-18-5-6-20(30-18)31(27,28)24-9-1-2-10-24)23-11-7-16(8-12-23)21(26)22-15-17-4-3-13-29-17/h3-6,13,16H,1-2,7-12,14-15H2,(H,22,26). The molecule has 31 heavy (non-hydrogen) atoms. The summed E-state index contributed by atoms with van der Waals surface area (Å²) in [5.74, 6) is 0.556. The molecule has 8 nitrogen and oxygen atoms in total. The molecule has 1 N–H and O–H groups in total. The van der Waals surface area contributed by atoms with Crippen molar-refractivity contribution in [1.29, 1.82) is 0 Å². The summed E-state index contributed by atoms with van der Waals surface area (Å²) in [4.78, 5) is 27.6. The van der Waals surface area contributed by atoms with Crippen LogP contribution in [0.4, 0.5) is 0 Å². The second-order valence-corrected chi connectivity index (χ2v) is 11.3. The molecule has 0 radical (unpaired) electrons. The Morgan fingerprint density at radius 2 is 1.84 bits per heavy atom. The number of nitrogens with one attached hydrogen (secondary N) is 1. The average molecular weight is 466 g/mol. The van der Waals surface area contributed by atoms with Crippen molar-refractivity contribution >= 4 is 33.2 Å². The lowest BCUT2D eigenvalue weighted by Crippen LogP contribution is -2.43. The van der Waals surface area contributed by atoms with Gasteiger partial charge in [-0.3, -0.25) is 9.59 Å². The van der Waals surface area contributed by atoms with Crippen molar-refractivity contribution in [3.63, 3.8) is 0 Å². The van der Waals surface area contributed by atoms with Crippen LogP contribution in [-0.4, -0.2) is 55.6 Å². The normalized spacial score (nSPS) is 18.4. The summed E-state index contributed by atoms with van der Waals surface area (Å²) in [6.07, 6.45) is 4.79. The molecular weight excluding hydrogens is 438 g/mol. The fourth-order valence-electron chi connectivity index (χ4n) is 4.03. The number of piperidine rings is 1. The van der Waals surface area contributed by atoms with Crippen LogP contribution in [0.25, 0.3) is 0 Å². The SMILES string of the molecule is O=C(NCc1ccco1)C1CCN(C(=O)Cc2ccc(S(=O)(=O)N3CCCC3)s2)CC1. The minimum atomic E-state index is -3.44. The van der Waals surface area contributed by atoms with Gasteiger partial charge in [-0.25, -0.2) is 8.42 Å². The van der Waals surface area contributed by atoms with Gasteiger partial charge in [0.1, 0.15) is 9.97 Å². The second-order valence-electron chi connectivity index (χ2n) is 7.96. The van der Waals surface area contributed by atoms with Crippen LogP contribution in [-0.2, 0) is 32.6 Å². The topological polar surface area (TPSA) is 99.9 Å². The van der Waals surface area contributed by atoms with Gasteiger partial charge in [-0.1, -0.05) is 0 Å². The van der Waals surface area contributed by atoms with E-state index in [1.54, 1.807) is 29.4 Å². The van der Waals surface area contributed by atoms with Crippen molar-refractivity contribution in [2.24, 2.45) is 5.92 Å². The molecule has 0 spiro atoms. The molecule has 2 amide bonds. The van der Waals surface area contributed by atoms with E-state index in [0.717, 1.165) is 17.7 Å². The maximum absolute atomic E-state index is 12.7. The lowest BCUT2D eigenvalue weighted by atomic mass is 9.95. The highest BCUT2D eigenvalue weighted by atomic mass is 32.2. The highest BCUT2D eigenvalue weighted by Gasteiger charge is 2.30. The number of likely N-dealkylation sites (tertiary alicyclic amines) is 1. The Balaban J connectivity index is 1.26. The summed E-state index contributed by atoms with van der Waals surface area (Å²) < 4.78 is 32.4. The molecule has 4 rings (SSSR count). The summed E-state index contributed by atoms with van der Waals surface area (Å²) in [6, 6.07) is 6.94. The summed E-state index contributed by atoms with van der Waals surface area (Å²) in [6.45, 7) is 2.56. The Kier molecular flexibility index (Phi) is 6.78. The van der Waals surface area contributed by atoms with Gasteiger partial charge in [0.25, 0.3) is 10.0 Å². The molecule has 2 aromatic rings. The number of sulfonamides is 1. The Hall–Kier alpha value is -2.17. The number of rotatable bonds is 7. The predicted octanol–water partition coefficient (Wildman–Crippen LogP) is 2.22. The molecular formula is C21H27N3O5S2. The van der Waals surface area contributed by atoms with Crippen LogP contribution in [0.1, 0.15) is 36.3 Å². The van der Waals surface area contributed by atoms with Crippen LogP contribution in [0.3, 0.4) is 0 Å². The van der Waals surface area contributed by atoms with Crippen molar-refractivity contribution in [3.05, 3.63) is 41.2 Å². The molecule has 168 valence electrons. The summed E-state index contributed by atoms with van der Waals surface area (Å²) in [5.41, 5.74) is 0. The quantitative estimate of drug-likeness (QED) is 0.676. The Morgan fingerprint density at radius 1 is 1.10 bits per heavy atom. The van der Waals surface area contributed by atoms with Gasteiger partial charge in [0.2, 0.25) is 11.8 Å². The van der Waals surface area contributed by atoms with Crippen molar-refractivity contribution in [3.8, 4) is 0 Å². The number of carbonyl (C=O) groups is 2. The van der Waals surface area contributed by atoms with E-state index in [2.05, 4.69) is 5.32 Å². The molecule has 2 aliphatic rings. The van der Waals surface area contributed by atoms with Crippen LogP contribution in [0.2, 0.25) is 0 Å². The van der Waals surface area contributed by atoms with Gasteiger partial charge in [0, 0.05) is 37.0 Å². The molecule has 0 aromatic carbocycles. The highest BCUT2D eigenvalue weighted by Crippen LogP contribution is 2.28. The lowest BCUT2D eigenvalue weighted by Gasteiger charge is -2.31. The fraction of sp³-hybridized carbons (Fsp3) is 0.524. The van der Waals surface area contributed by atoms with E-state index < -0.39 is 10.0 Å². The van der Waals surface area contributed by atoms with Crippen LogP contribution >= 0.6 is 11.3 Å². The van der Waals surface area contributed by atoms with Crippen molar-refractivity contribution in [1.82, 2.24) is 14.5 Å². The monoisotopic (exact) mass is 465 g/mol. The first-order valence-corrected chi connectivity index (χ1v) is 12.9. The number of amides is 2. The van der Waals surface area contributed by atoms with Gasteiger partial charge in [-0.15, -0.1) is 11.3 Å². The van der Waals surface area contributed by atoms with Crippen LogP contribution < -0.4 is 5.32 Å². The number of furan rings is 1. The first-order valence-electron chi connectivity index (χ1n) is 10.6. The zero-order chi connectivity index (χ0) is 21.8. The Morgan fingerprint density at radius 3 is 2.52 bits per heavy atom. The summed E-state index contributed by atoms with van der Waals surface area (Å²) >= 11 is 1.18. The minimum absolute atomic E-state index is 0.0153. The third-order valence-electron chi connectivity index (χ3n) is 5.86. The van der Waals surface area contributed by atoms with Gasteiger partial charge in [-0.05, 0) is 49.9 Å². The molecule has 0 atom stereocenters. The predicted molar refractivity (Wildman–Crippen MR) is 116 cm³/mol. The Labute approximate surface area is 186 Å². The zero-order valence-corrected chi connectivity index (χ0v) is 18.9. The maximum Gasteiger partial charge on any atom is 0.252 e. The van der Waals surface area contributed by atoms with Gasteiger partial charge in [0.05, 0.1) is 19.2 Å². The number of nitrogens with zero attached hydrogens (tertiary/aromatic N) is 2. The maximum atomic E-state index is 12.7. The van der Waals surface area contributed by atoms with E-state index in [1.807, 2.05) is 6.07 Å². The van der Waals surface area contributed by atoms with E-state index in [4.69, 9.17) is 4.42 Å². The number of thiophene rings is 1. The second kappa shape index (κ2) is 9.54. The summed E-state index contributed by atoms with van der Waals surface area (Å²) in [7, 11) is -3.44. The number of carbonyl (C=O) groups excluding carboxylic acids is 2. The van der Waals surface area contributed by atoms with E-state index >= 15 is 0 Å². The first kappa shape index (κ1) is 22.0. The molecule has 2 aliphatic heterocycles. The molecule has 0 bridgehead atoms. The van der Waals surface area contributed by atoms with Gasteiger partial charge in [-0.2, -0.15) is 4.31 Å². The largest absolute Gasteiger partial charge is 0.467 e. The van der Waals surface area contributed by atoms with Crippen LogP contribution in [0.5, 0.6) is 0 Å². The molecule has 4 heterocycles. The molecule has 2 fully saturated rings. The molecule has 0 aliphatic carbocycles. The summed E-state index contributed by atoms with van der Waals surface area (Å²) in [5, 5.41) is 2.88. The average Bonchev–Trinajstić information content (AvgIpc) is 3.55. The number of hydrogen-bond donors (Lipinski definition) is 1. The molecule has 0 unspecified atom stereocenters. The van der Waals surface area contributed by atoms with Gasteiger partial charge < -0.3 is 14.6 Å². The van der Waals surface area contributed by atoms with Crippen molar-refractivity contribution in [2.45, 2.75) is 42.9 Å². The third-order valence-corrected chi connectivity index (χ3v) is 9.31. The third kappa shape index (κ3) is 5.19. The van der Waals surface area contributed by atoms with E-state index in [1.165, 1.54) is 15.6 Å². The van der Waals surface area contributed by atoms with E-state index in [-0.39, 0.29) is 24.2 Å². The van der Waals surface area contributed by atoms with Gasteiger partial charge >= 0.3 is 0 Å². The molecule has 10 heteroatoms. The molecule has 0 saturated carbocycles.